The van der Waals surface area contributed by atoms with Gasteiger partial charge in [0, 0.05) is 20.1 Å². The summed E-state index contributed by atoms with van der Waals surface area (Å²) in [7, 11) is 3.42. The molecule has 1 aromatic rings. The Hall–Kier alpha value is -1.52. The lowest BCUT2D eigenvalue weighted by Crippen LogP contribution is -2.46. The van der Waals surface area contributed by atoms with E-state index in [0.29, 0.717) is 5.75 Å². The molecule has 124 valence electrons. The fraction of sp³-hybridized carbons (Fsp3) is 0.579. The van der Waals surface area contributed by atoms with E-state index in [2.05, 4.69) is 11.0 Å². The summed E-state index contributed by atoms with van der Waals surface area (Å²) >= 11 is 0. The summed E-state index contributed by atoms with van der Waals surface area (Å²) in [6.07, 6.45) is 7.92. The Morgan fingerprint density at radius 1 is 1.22 bits per heavy atom. The fourth-order valence-corrected chi connectivity index (χ4v) is 4.84. The molecule has 0 aromatic heterocycles. The van der Waals surface area contributed by atoms with E-state index in [0.717, 1.165) is 45.2 Å². The first-order chi connectivity index (χ1) is 11.2. The van der Waals surface area contributed by atoms with Gasteiger partial charge in [0.1, 0.15) is 0 Å². The molecule has 23 heavy (non-hydrogen) atoms. The van der Waals surface area contributed by atoms with Crippen LogP contribution in [0.1, 0.15) is 36.8 Å². The lowest BCUT2D eigenvalue weighted by molar-refractivity contribution is 0.0346. The number of methoxy groups -OCH3 is 2. The van der Waals surface area contributed by atoms with E-state index >= 15 is 0 Å². The standard InChI is InChI=1S/C19H25NO3/c1-22-15-6-5-14-7-9-20-8-3-4-13-10-18(23-2)17(21)11-16(13)19(14,20)12-15/h5,10-11,15,21H,3-4,6-9,12H2,1-2H3/t15-,19+/m0/s1. The van der Waals surface area contributed by atoms with Crippen LogP contribution in [0.25, 0.3) is 0 Å². The molecule has 4 heteroatoms. The van der Waals surface area contributed by atoms with Crippen molar-refractivity contribution in [3.63, 3.8) is 0 Å². The van der Waals surface area contributed by atoms with Crippen LogP contribution < -0.4 is 4.74 Å². The number of rotatable bonds is 2. The van der Waals surface area contributed by atoms with Crippen LogP contribution in [-0.4, -0.2) is 43.4 Å². The number of fused-ring (bicyclic) bond motifs is 1. The minimum Gasteiger partial charge on any atom is -0.504 e. The Bertz CT molecular complexity index is 654. The van der Waals surface area contributed by atoms with Crippen LogP contribution in [0.3, 0.4) is 0 Å². The third-order valence-corrected chi connectivity index (χ3v) is 5.93. The zero-order valence-electron chi connectivity index (χ0n) is 14.0. The molecule has 1 fully saturated rings. The van der Waals surface area contributed by atoms with E-state index in [1.807, 2.05) is 19.2 Å². The van der Waals surface area contributed by atoms with Gasteiger partial charge in [-0.2, -0.15) is 0 Å². The highest BCUT2D eigenvalue weighted by molar-refractivity contribution is 5.54. The van der Waals surface area contributed by atoms with Crippen molar-refractivity contribution in [2.45, 2.75) is 43.7 Å². The Kier molecular flexibility index (Phi) is 3.62. The van der Waals surface area contributed by atoms with Gasteiger partial charge in [0.15, 0.2) is 11.5 Å². The normalized spacial score (nSPS) is 30.0. The number of ether oxygens (including phenoxy) is 2. The lowest BCUT2D eigenvalue weighted by atomic mass is 9.73. The van der Waals surface area contributed by atoms with Crippen LogP contribution >= 0.6 is 0 Å². The van der Waals surface area contributed by atoms with Gasteiger partial charge in [0.05, 0.1) is 18.8 Å². The molecule has 1 spiro atoms. The molecule has 4 nitrogen and oxygen atoms in total. The van der Waals surface area contributed by atoms with Crippen LogP contribution in [0.2, 0.25) is 0 Å². The second-order valence-electron chi connectivity index (χ2n) is 6.91. The molecule has 2 aliphatic heterocycles. The van der Waals surface area contributed by atoms with E-state index in [1.165, 1.54) is 16.7 Å². The zero-order chi connectivity index (χ0) is 16.0. The molecule has 1 aliphatic carbocycles. The maximum atomic E-state index is 10.4. The van der Waals surface area contributed by atoms with Gasteiger partial charge in [0.25, 0.3) is 0 Å². The summed E-state index contributed by atoms with van der Waals surface area (Å²) in [6, 6.07) is 3.99. The molecule has 1 aromatic carbocycles. The minimum absolute atomic E-state index is 0.0888. The number of benzene rings is 1. The van der Waals surface area contributed by atoms with Crippen molar-refractivity contribution in [2.75, 3.05) is 27.3 Å². The van der Waals surface area contributed by atoms with Crippen LogP contribution in [0.5, 0.6) is 11.5 Å². The van der Waals surface area contributed by atoms with Crippen molar-refractivity contribution in [1.29, 1.82) is 0 Å². The molecule has 1 N–H and O–H groups in total. The van der Waals surface area contributed by atoms with Gasteiger partial charge in [-0.1, -0.05) is 6.08 Å². The number of aromatic hydroxyl groups is 1. The van der Waals surface area contributed by atoms with Crippen molar-refractivity contribution < 1.29 is 14.6 Å². The Morgan fingerprint density at radius 3 is 2.87 bits per heavy atom. The minimum atomic E-state index is -0.0888. The number of nitrogens with zero attached hydrogens (tertiary/aromatic N) is 1. The Labute approximate surface area is 137 Å². The topological polar surface area (TPSA) is 41.9 Å². The Balaban J connectivity index is 1.92. The molecule has 3 aliphatic rings. The van der Waals surface area contributed by atoms with Crippen LogP contribution in [0.4, 0.5) is 0 Å². The smallest absolute Gasteiger partial charge is 0.160 e. The van der Waals surface area contributed by atoms with E-state index in [1.54, 1.807) is 7.11 Å². The van der Waals surface area contributed by atoms with Crippen molar-refractivity contribution in [3.05, 3.63) is 34.9 Å². The van der Waals surface area contributed by atoms with Gasteiger partial charge in [0.2, 0.25) is 0 Å². The zero-order valence-corrected chi connectivity index (χ0v) is 14.0. The van der Waals surface area contributed by atoms with Crippen LogP contribution in [-0.2, 0) is 16.7 Å². The van der Waals surface area contributed by atoms with E-state index in [9.17, 15) is 5.11 Å². The summed E-state index contributed by atoms with van der Waals surface area (Å²) in [6.45, 7) is 2.21. The molecule has 0 radical (unpaired) electrons. The fourth-order valence-electron chi connectivity index (χ4n) is 4.84. The first kappa shape index (κ1) is 15.0. The summed E-state index contributed by atoms with van der Waals surface area (Å²) in [4.78, 5) is 2.61. The first-order valence-electron chi connectivity index (χ1n) is 8.56. The highest BCUT2D eigenvalue weighted by Gasteiger charge is 2.50. The van der Waals surface area contributed by atoms with Crippen molar-refractivity contribution >= 4 is 0 Å². The summed E-state index contributed by atoms with van der Waals surface area (Å²) in [5, 5.41) is 10.4. The SMILES string of the molecule is COc1cc2c(cc1O)[C@@]13C[C@@H](OC)CC=C1CCN3CCC2. The number of hydrogen-bond acceptors (Lipinski definition) is 4. The maximum absolute atomic E-state index is 10.4. The van der Waals surface area contributed by atoms with Crippen molar-refractivity contribution in [3.8, 4) is 11.5 Å². The van der Waals surface area contributed by atoms with Crippen LogP contribution in [0.15, 0.2) is 23.8 Å². The molecule has 4 rings (SSSR count). The number of aryl methyl sites for hydroxylation is 1. The molecular weight excluding hydrogens is 290 g/mol. The molecule has 0 unspecified atom stereocenters. The van der Waals surface area contributed by atoms with Gasteiger partial charge in [-0.05, 0) is 61.1 Å². The molecule has 0 bridgehead atoms. The average Bonchev–Trinajstić information content (AvgIpc) is 2.87. The van der Waals surface area contributed by atoms with Gasteiger partial charge in [-0.3, -0.25) is 4.90 Å². The molecule has 1 saturated heterocycles. The summed E-state index contributed by atoms with van der Waals surface area (Å²) in [5.74, 6) is 0.824. The molecule has 2 heterocycles. The third-order valence-electron chi connectivity index (χ3n) is 5.93. The summed E-state index contributed by atoms with van der Waals surface area (Å²) in [5.41, 5.74) is 4.00. The maximum Gasteiger partial charge on any atom is 0.160 e. The predicted molar refractivity (Wildman–Crippen MR) is 89.0 cm³/mol. The average molecular weight is 315 g/mol. The quantitative estimate of drug-likeness (QED) is 0.852. The highest BCUT2D eigenvalue weighted by Crippen LogP contribution is 2.53. The predicted octanol–water partition coefficient (Wildman–Crippen LogP) is 2.98. The molecule has 0 saturated carbocycles. The summed E-state index contributed by atoms with van der Waals surface area (Å²) < 4.78 is 11.1. The first-order valence-corrected chi connectivity index (χ1v) is 8.56. The van der Waals surface area contributed by atoms with Gasteiger partial charge >= 0.3 is 0 Å². The van der Waals surface area contributed by atoms with E-state index in [-0.39, 0.29) is 17.4 Å². The third kappa shape index (κ3) is 2.12. The second-order valence-corrected chi connectivity index (χ2v) is 6.91. The van der Waals surface area contributed by atoms with Gasteiger partial charge in [-0.15, -0.1) is 0 Å². The largest absolute Gasteiger partial charge is 0.504 e. The van der Waals surface area contributed by atoms with Gasteiger partial charge in [-0.25, -0.2) is 0 Å². The van der Waals surface area contributed by atoms with Crippen molar-refractivity contribution in [1.82, 2.24) is 4.90 Å². The number of phenolic OH excluding ortho intramolecular Hbond substituents is 1. The monoisotopic (exact) mass is 315 g/mol. The number of phenols is 1. The number of hydrogen-bond donors (Lipinski definition) is 1. The molecule has 0 amide bonds. The molecule has 2 atom stereocenters. The molecular formula is C19H25NO3. The second kappa shape index (κ2) is 5.53. The van der Waals surface area contributed by atoms with E-state index in [4.69, 9.17) is 9.47 Å². The van der Waals surface area contributed by atoms with Crippen molar-refractivity contribution in [2.24, 2.45) is 0 Å². The van der Waals surface area contributed by atoms with Crippen LogP contribution in [0, 0.1) is 0 Å². The lowest BCUT2D eigenvalue weighted by Gasteiger charge is -2.44. The van der Waals surface area contributed by atoms with Gasteiger partial charge < -0.3 is 14.6 Å². The van der Waals surface area contributed by atoms with E-state index < -0.39 is 0 Å². The Morgan fingerprint density at radius 2 is 2.09 bits per heavy atom. The highest BCUT2D eigenvalue weighted by atomic mass is 16.5.